The Morgan fingerprint density at radius 2 is 0.955 bits per heavy atom. The van der Waals surface area contributed by atoms with E-state index in [1.165, 1.54) is 77.0 Å². The van der Waals surface area contributed by atoms with E-state index in [2.05, 4.69) is 39.8 Å². The predicted octanol–water partition coefficient (Wildman–Crippen LogP) is 7.06. The summed E-state index contributed by atoms with van der Waals surface area (Å²) in [6, 6.07) is 5.09. The molecule has 1 aromatic rings. The Morgan fingerprint density at radius 1 is 0.545 bits per heavy atom. The lowest BCUT2D eigenvalue weighted by Crippen LogP contribution is -2.04. The first-order chi connectivity index (χ1) is 10.8. The van der Waals surface area contributed by atoms with Crippen LogP contribution in [0.25, 0.3) is 0 Å². The van der Waals surface area contributed by atoms with Gasteiger partial charge in [0.05, 0.1) is 0 Å². The molecule has 0 aliphatic carbocycles. The Bertz CT molecular complexity index is 373. The summed E-state index contributed by atoms with van der Waals surface area (Å²) < 4.78 is 0. The van der Waals surface area contributed by atoms with E-state index < -0.39 is 0 Å². The number of unbranched alkanes of at least 4 members (excludes halogenated alkanes) is 4. The van der Waals surface area contributed by atoms with Crippen molar-refractivity contribution < 1.29 is 0 Å². The molecule has 0 N–H and O–H groups in total. The van der Waals surface area contributed by atoms with Crippen LogP contribution in [0.3, 0.4) is 0 Å². The fraction of sp³-hybridized carbons (Fsp3) is 0.727. The first-order valence-corrected chi connectivity index (χ1v) is 9.90. The zero-order valence-electron chi connectivity index (χ0n) is 15.6. The van der Waals surface area contributed by atoms with Crippen LogP contribution in [0.2, 0.25) is 0 Å². The van der Waals surface area contributed by atoms with E-state index in [0.29, 0.717) is 0 Å². The molecule has 22 heavy (non-hydrogen) atoms. The molecule has 0 aliphatic heterocycles. The van der Waals surface area contributed by atoms with Crippen LogP contribution < -0.4 is 0 Å². The van der Waals surface area contributed by atoms with Crippen molar-refractivity contribution >= 4 is 0 Å². The molecule has 0 amide bonds. The highest BCUT2D eigenvalue weighted by Gasteiger charge is 2.10. The fourth-order valence-corrected chi connectivity index (χ4v) is 3.25. The molecule has 0 bridgehead atoms. The molecule has 126 valence electrons. The zero-order chi connectivity index (χ0) is 16.2. The monoisotopic (exact) mass is 302 g/mol. The maximum atomic E-state index is 2.55. The highest BCUT2D eigenvalue weighted by atomic mass is 14.2. The van der Waals surface area contributed by atoms with Crippen LogP contribution in [0.1, 0.15) is 101 Å². The maximum absolute atomic E-state index is 2.55. The average Bonchev–Trinajstić information content (AvgIpc) is 2.54. The van der Waals surface area contributed by atoms with Gasteiger partial charge in [-0.15, -0.1) is 0 Å². The van der Waals surface area contributed by atoms with Crippen molar-refractivity contribution in [3.05, 3.63) is 34.4 Å². The van der Waals surface area contributed by atoms with Crippen molar-refractivity contribution in [1.29, 1.82) is 0 Å². The second kappa shape index (κ2) is 11.7. The van der Waals surface area contributed by atoms with E-state index in [0.717, 1.165) is 0 Å². The standard InChI is InChI=1S/C22H38/c1-5-9-13-19-17-20(14-10-6-2)22(16-12-8-4)21(18-19)15-11-7-3/h17-18H,5-16H2,1-4H3. The summed E-state index contributed by atoms with van der Waals surface area (Å²) in [5.74, 6) is 0. The van der Waals surface area contributed by atoms with Gasteiger partial charge in [-0.2, -0.15) is 0 Å². The molecule has 0 aromatic heterocycles. The first-order valence-electron chi connectivity index (χ1n) is 9.90. The Kier molecular flexibility index (Phi) is 10.3. The number of benzene rings is 1. The molecular formula is C22H38. The number of rotatable bonds is 12. The molecule has 0 radical (unpaired) electrons. The van der Waals surface area contributed by atoms with Gasteiger partial charge in [-0.1, -0.05) is 65.5 Å². The van der Waals surface area contributed by atoms with Crippen LogP contribution in [-0.4, -0.2) is 0 Å². The third-order valence-corrected chi connectivity index (χ3v) is 4.69. The summed E-state index contributed by atoms with van der Waals surface area (Å²) in [5, 5.41) is 0. The van der Waals surface area contributed by atoms with Crippen molar-refractivity contribution in [2.75, 3.05) is 0 Å². The fourth-order valence-electron chi connectivity index (χ4n) is 3.25. The lowest BCUT2D eigenvalue weighted by Gasteiger charge is -2.18. The molecule has 1 rings (SSSR count). The number of hydrogen-bond acceptors (Lipinski definition) is 0. The Labute approximate surface area is 139 Å². The van der Waals surface area contributed by atoms with Gasteiger partial charge < -0.3 is 0 Å². The van der Waals surface area contributed by atoms with E-state index in [4.69, 9.17) is 0 Å². The SMILES string of the molecule is CCCCc1cc(CCCC)c(CCCC)c(CCCC)c1. The van der Waals surface area contributed by atoms with Gasteiger partial charge in [-0.05, 0) is 73.6 Å². The van der Waals surface area contributed by atoms with Crippen molar-refractivity contribution in [1.82, 2.24) is 0 Å². The topological polar surface area (TPSA) is 0 Å². The molecule has 0 heteroatoms. The van der Waals surface area contributed by atoms with Gasteiger partial charge >= 0.3 is 0 Å². The van der Waals surface area contributed by atoms with Crippen molar-refractivity contribution in [3.63, 3.8) is 0 Å². The third-order valence-electron chi connectivity index (χ3n) is 4.69. The van der Waals surface area contributed by atoms with Crippen LogP contribution in [-0.2, 0) is 25.7 Å². The molecule has 0 aliphatic rings. The van der Waals surface area contributed by atoms with Crippen LogP contribution in [0.4, 0.5) is 0 Å². The summed E-state index contributed by atoms with van der Waals surface area (Å²) in [6.07, 6.45) is 15.7. The summed E-state index contributed by atoms with van der Waals surface area (Å²) in [7, 11) is 0. The van der Waals surface area contributed by atoms with Gasteiger partial charge in [0.15, 0.2) is 0 Å². The molecule has 0 atom stereocenters. The lowest BCUT2D eigenvalue weighted by atomic mass is 9.88. The molecular weight excluding hydrogens is 264 g/mol. The van der Waals surface area contributed by atoms with E-state index in [1.54, 1.807) is 22.3 Å². The number of aryl methyl sites for hydroxylation is 3. The van der Waals surface area contributed by atoms with Crippen molar-refractivity contribution in [3.8, 4) is 0 Å². The molecule has 0 fully saturated rings. The van der Waals surface area contributed by atoms with Crippen LogP contribution in [0, 0.1) is 0 Å². The third kappa shape index (κ3) is 6.55. The van der Waals surface area contributed by atoms with Crippen molar-refractivity contribution in [2.45, 2.75) is 105 Å². The molecule has 1 aromatic carbocycles. The van der Waals surface area contributed by atoms with Crippen LogP contribution in [0.15, 0.2) is 12.1 Å². The quantitative estimate of drug-likeness (QED) is 0.388. The van der Waals surface area contributed by atoms with E-state index in [-0.39, 0.29) is 0 Å². The second-order valence-corrected chi connectivity index (χ2v) is 6.81. The minimum absolute atomic E-state index is 1.27. The van der Waals surface area contributed by atoms with Gasteiger partial charge in [0.1, 0.15) is 0 Å². The number of hydrogen-bond donors (Lipinski definition) is 0. The van der Waals surface area contributed by atoms with Crippen LogP contribution >= 0.6 is 0 Å². The molecule has 0 saturated heterocycles. The molecule has 0 spiro atoms. The smallest absolute Gasteiger partial charge is 0.0274 e. The average molecular weight is 303 g/mol. The summed E-state index contributed by atoms with van der Waals surface area (Å²) in [6.45, 7) is 9.23. The second-order valence-electron chi connectivity index (χ2n) is 6.81. The Morgan fingerprint density at radius 3 is 1.41 bits per heavy atom. The van der Waals surface area contributed by atoms with Crippen molar-refractivity contribution in [2.24, 2.45) is 0 Å². The summed E-state index contributed by atoms with van der Waals surface area (Å²) in [4.78, 5) is 0. The largest absolute Gasteiger partial charge is 0.0654 e. The Balaban J connectivity index is 3.07. The molecule has 0 nitrogen and oxygen atoms in total. The maximum Gasteiger partial charge on any atom is -0.0274 e. The molecule has 0 heterocycles. The first kappa shape index (κ1) is 19.3. The minimum Gasteiger partial charge on any atom is -0.0654 e. The normalized spacial score (nSPS) is 11.1. The van der Waals surface area contributed by atoms with Gasteiger partial charge in [-0.25, -0.2) is 0 Å². The Hall–Kier alpha value is -0.780. The van der Waals surface area contributed by atoms with E-state index >= 15 is 0 Å². The highest BCUT2D eigenvalue weighted by molar-refractivity contribution is 5.40. The molecule has 0 unspecified atom stereocenters. The predicted molar refractivity (Wildman–Crippen MR) is 101 cm³/mol. The van der Waals surface area contributed by atoms with Gasteiger partial charge in [0.25, 0.3) is 0 Å². The highest BCUT2D eigenvalue weighted by Crippen LogP contribution is 2.25. The summed E-state index contributed by atoms with van der Waals surface area (Å²) in [5.41, 5.74) is 6.66. The van der Waals surface area contributed by atoms with Gasteiger partial charge in [0.2, 0.25) is 0 Å². The van der Waals surface area contributed by atoms with Gasteiger partial charge in [-0.3, -0.25) is 0 Å². The summed E-state index contributed by atoms with van der Waals surface area (Å²) >= 11 is 0. The lowest BCUT2D eigenvalue weighted by molar-refractivity contribution is 0.728. The van der Waals surface area contributed by atoms with E-state index in [1.807, 2.05) is 0 Å². The van der Waals surface area contributed by atoms with Gasteiger partial charge in [0, 0.05) is 0 Å². The van der Waals surface area contributed by atoms with E-state index in [9.17, 15) is 0 Å². The van der Waals surface area contributed by atoms with Crippen LogP contribution in [0.5, 0.6) is 0 Å². The zero-order valence-corrected chi connectivity index (χ0v) is 15.6. The minimum atomic E-state index is 1.27. The molecule has 0 saturated carbocycles.